The molecule has 0 aromatic heterocycles. The van der Waals surface area contributed by atoms with Crippen molar-refractivity contribution < 1.29 is 14.2 Å². The van der Waals surface area contributed by atoms with Gasteiger partial charge in [-0.15, -0.1) is 0 Å². The van der Waals surface area contributed by atoms with E-state index in [-0.39, 0.29) is 0 Å². The van der Waals surface area contributed by atoms with Crippen LogP contribution in [0.5, 0.6) is 5.75 Å². The molecule has 2 aliphatic heterocycles. The van der Waals surface area contributed by atoms with E-state index < -0.39 is 0 Å². The van der Waals surface area contributed by atoms with Crippen LogP contribution in [0.4, 0.5) is 0 Å². The molecule has 0 aliphatic carbocycles. The van der Waals surface area contributed by atoms with Crippen LogP contribution in [-0.4, -0.2) is 69.5 Å². The van der Waals surface area contributed by atoms with Crippen LogP contribution in [0.1, 0.15) is 11.7 Å². The van der Waals surface area contributed by atoms with E-state index in [9.17, 15) is 0 Å². The number of benzene rings is 1. The number of methoxy groups -OCH3 is 1. The molecular formula is C16H24N2O3. The van der Waals surface area contributed by atoms with Crippen LogP contribution < -0.4 is 4.74 Å². The van der Waals surface area contributed by atoms with E-state index in [4.69, 9.17) is 14.2 Å². The third-order valence-corrected chi connectivity index (χ3v) is 4.20. The predicted octanol–water partition coefficient (Wildman–Crippen LogP) is 1.36. The minimum absolute atomic E-state index is 0.309. The number of rotatable bonds is 4. The Morgan fingerprint density at radius 3 is 1.76 bits per heavy atom. The quantitative estimate of drug-likeness (QED) is 0.837. The predicted molar refractivity (Wildman–Crippen MR) is 80.5 cm³/mol. The summed E-state index contributed by atoms with van der Waals surface area (Å²) in [7, 11) is 1.70. The number of nitrogens with zero attached hydrogens (tertiary/aromatic N) is 2. The topological polar surface area (TPSA) is 34.2 Å². The minimum Gasteiger partial charge on any atom is -0.497 e. The van der Waals surface area contributed by atoms with Gasteiger partial charge in [0.25, 0.3) is 0 Å². The number of hydrogen-bond acceptors (Lipinski definition) is 5. The highest BCUT2D eigenvalue weighted by molar-refractivity contribution is 5.29. The fraction of sp³-hybridized carbons (Fsp3) is 0.625. The SMILES string of the molecule is COc1ccc(C(N2CCOCC2)N2CCOCC2)cc1. The number of morpholine rings is 2. The summed E-state index contributed by atoms with van der Waals surface area (Å²) < 4.78 is 16.3. The van der Waals surface area contributed by atoms with Crippen molar-refractivity contribution in [2.45, 2.75) is 6.17 Å². The Morgan fingerprint density at radius 2 is 1.33 bits per heavy atom. The molecule has 0 atom stereocenters. The highest BCUT2D eigenvalue weighted by Crippen LogP contribution is 2.28. The van der Waals surface area contributed by atoms with E-state index in [1.54, 1.807) is 7.11 Å². The standard InChI is InChI=1S/C16H24N2O3/c1-19-15-4-2-14(3-5-15)16(17-6-10-20-11-7-17)18-8-12-21-13-9-18/h2-5,16H,6-13H2,1H3. The number of ether oxygens (including phenoxy) is 3. The summed E-state index contributed by atoms with van der Waals surface area (Å²) in [6, 6.07) is 8.44. The third-order valence-electron chi connectivity index (χ3n) is 4.20. The van der Waals surface area contributed by atoms with Gasteiger partial charge in [-0.1, -0.05) is 12.1 Å². The molecule has 1 aromatic rings. The van der Waals surface area contributed by atoms with Crippen molar-refractivity contribution in [3.8, 4) is 5.75 Å². The summed E-state index contributed by atoms with van der Waals surface area (Å²) in [5.41, 5.74) is 1.32. The lowest BCUT2D eigenvalue weighted by Gasteiger charge is -2.43. The molecule has 0 unspecified atom stereocenters. The molecule has 2 heterocycles. The fourth-order valence-corrected chi connectivity index (χ4v) is 3.07. The molecule has 0 spiro atoms. The van der Waals surface area contributed by atoms with E-state index in [1.165, 1.54) is 5.56 Å². The Bertz CT molecular complexity index is 408. The molecule has 2 fully saturated rings. The van der Waals surface area contributed by atoms with Crippen LogP contribution >= 0.6 is 0 Å². The molecule has 1 aromatic carbocycles. The van der Waals surface area contributed by atoms with Crippen molar-refractivity contribution in [1.82, 2.24) is 9.80 Å². The molecule has 3 rings (SSSR count). The van der Waals surface area contributed by atoms with E-state index in [0.717, 1.165) is 58.4 Å². The van der Waals surface area contributed by atoms with Gasteiger partial charge in [-0.25, -0.2) is 0 Å². The first-order valence-corrected chi connectivity index (χ1v) is 7.66. The second-order valence-electron chi connectivity index (χ2n) is 5.44. The fourth-order valence-electron chi connectivity index (χ4n) is 3.07. The molecule has 2 aliphatic rings. The summed E-state index contributed by atoms with van der Waals surface area (Å²) in [4.78, 5) is 5.02. The van der Waals surface area contributed by atoms with Gasteiger partial charge in [-0.3, -0.25) is 9.80 Å². The smallest absolute Gasteiger partial charge is 0.118 e. The third kappa shape index (κ3) is 3.55. The first kappa shape index (κ1) is 14.8. The Hall–Kier alpha value is -1.14. The van der Waals surface area contributed by atoms with E-state index >= 15 is 0 Å². The Kier molecular flexibility index (Phi) is 5.08. The molecule has 0 radical (unpaired) electrons. The summed E-state index contributed by atoms with van der Waals surface area (Å²) in [6.45, 7) is 7.19. The monoisotopic (exact) mass is 292 g/mol. The summed E-state index contributed by atoms with van der Waals surface area (Å²) in [5.74, 6) is 0.904. The molecule has 5 heteroatoms. The Morgan fingerprint density at radius 1 is 0.857 bits per heavy atom. The lowest BCUT2D eigenvalue weighted by Crippen LogP contribution is -2.50. The van der Waals surface area contributed by atoms with Crippen LogP contribution in [0.2, 0.25) is 0 Å². The van der Waals surface area contributed by atoms with Crippen molar-refractivity contribution in [3.05, 3.63) is 29.8 Å². The van der Waals surface area contributed by atoms with Crippen LogP contribution in [0, 0.1) is 0 Å². The van der Waals surface area contributed by atoms with Crippen LogP contribution in [0.25, 0.3) is 0 Å². The summed E-state index contributed by atoms with van der Waals surface area (Å²) in [5, 5.41) is 0. The molecule has 0 N–H and O–H groups in total. The second kappa shape index (κ2) is 7.22. The van der Waals surface area contributed by atoms with Gasteiger partial charge in [0.1, 0.15) is 5.75 Å². The first-order valence-electron chi connectivity index (χ1n) is 7.66. The van der Waals surface area contributed by atoms with Gasteiger partial charge in [-0.2, -0.15) is 0 Å². The van der Waals surface area contributed by atoms with Crippen LogP contribution in [0.15, 0.2) is 24.3 Å². The van der Waals surface area contributed by atoms with Gasteiger partial charge in [0, 0.05) is 26.2 Å². The molecule has 21 heavy (non-hydrogen) atoms. The molecule has 116 valence electrons. The van der Waals surface area contributed by atoms with Gasteiger partial charge in [0.15, 0.2) is 0 Å². The van der Waals surface area contributed by atoms with Gasteiger partial charge in [-0.05, 0) is 17.7 Å². The maximum atomic E-state index is 5.50. The van der Waals surface area contributed by atoms with Crippen molar-refractivity contribution in [2.75, 3.05) is 59.7 Å². The molecule has 0 bridgehead atoms. The van der Waals surface area contributed by atoms with Crippen molar-refractivity contribution in [2.24, 2.45) is 0 Å². The minimum atomic E-state index is 0.309. The Labute approximate surface area is 126 Å². The molecule has 0 saturated carbocycles. The van der Waals surface area contributed by atoms with Crippen molar-refractivity contribution in [1.29, 1.82) is 0 Å². The van der Waals surface area contributed by atoms with Crippen molar-refractivity contribution in [3.63, 3.8) is 0 Å². The lowest BCUT2D eigenvalue weighted by atomic mass is 10.1. The molecule has 2 saturated heterocycles. The maximum absolute atomic E-state index is 5.50. The van der Waals surface area contributed by atoms with Gasteiger partial charge in [0.2, 0.25) is 0 Å². The van der Waals surface area contributed by atoms with Gasteiger partial charge >= 0.3 is 0 Å². The normalized spacial score (nSPS) is 21.6. The molecular weight excluding hydrogens is 268 g/mol. The zero-order chi connectivity index (χ0) is 14.5. The maximum Gasteiger partial charge on any atom is 0.118 e. The van der Waals surface area contributed by atoms with Gasteiger partial charge < -0.3 is 14.2 Å². The molecule has 5 nitrogen and oxygen atoms in total. The van der Waals surface area contributed by atoms with E-state index in [1.807, 2.05) is 12.1 Å². The number of hydrogen-bond donors (Lipinski definition) is 0. The average Bonchev–Trinajstić information content (AvgIpc) is 2.58. The molecule has 0 amide bonds. The zero-order valence-corrected chi connectivity index (χ0v) is 12.7. The summed E-state index contributed by atoms with van der Waals surface area (Å²) >= 11 is 0. The largest absolute Gasteiger partial charge is 0.497 e. The van der Waals surface area contributed by atoms with E-state index in [2.05, 4.69) is 21.9 Å². The average molecular weight is 292 g/mol. The Balaban J connectivity index is 1.82. The first-order chi connectivity index (χ1) is 10.4. The van der Waals surface area contributed by atoms with Crippen molar-refractivity contribution >= 4 is 0 Å². The highest BCUT2D eigenvalue weighted by atomic mass is 16.5. The highest BCUT2D eigenvalue weighted by Gasteiger charge is 2.29. The lowest BCUT2D eigenvalue weighted by molar-refractivity contribution is -0.0676. The van der Waals surface area contributed by atoms with Gasteiger partial charge in [0.05, 0.1) is 39.7 Å². The second-order valence-corrected chi connectivity index (χ2v) is 5.44. The van der Waals surface area contributed by atoms with E-state index in [0.29, 0.717) is 6.17 Å². The zero-order valence-electron chi connectivity index (χ0n) is 12.7. The van der Waals surface area contributed by atoms with Crippen LogP contribution in [0.3, 0.4) is 0 Å². The van der Waals surface area contributed by atoms with Crippen LogP contribution in [-0.2, 0) is 9.47 Å². The summed E-state index contributed by atoms with van der Waals surface area (Å²) in [6.07, 6.45) is 0.309.